The number of pyridine rings is 1. The second-order valence-corrected chi connectivity index (χ2v) is 7.33. The zero-order valence-corrected chi connectivity index (χ0v) is 17.4. The first-order valence-electron chi connectivity index (χ1n) is 9.90. The number of rotatable bonds is 6. The predicted octanol–water partition coefficient (Wildman–Crippen LogP) is 4.51. The molecule has 1 amide bonds. The summed E-state index contributed by atoms with van der Waals surface area (Å²) >= 11 is 0. The standard InChI is InChI=1S/C24H22N4O3/c1-27(23-18(15-25)4-3-13-26-23)19-7-11-22(12-8-19)31-21-9-5-17(6-10-21)14-20-16-30-24(29)28(20)2/h3-13,20H,14,16H2,1-2H3/t20-/m0/s1. The number of carbonyl (C=O) groups excluding carboxylic acids is 1. The third-order valence-corrected chi connectivity index (χ3v) is 5.31. The van der Waals surface area contributed by atoms with Crippen molar-refractivity contribution in [1.82, 2.24) is 9.88 Å². The Morgan fingerprint density at radius 1 is 1.16 bits per heavy atom. The maximum atomic E-state index is 11.5. The van der Waals surface area contributed by atoms with Crippen LogP contribution in [0.4, 0.5) is 16.3 Å². The molecule has 1 saturated heterocycles. The highest BCUT2D eigenvalue weighted by Gasteiger charge is 2.29. The van der Waals surface area contributed by atoms with E-state index in [0.717, 1.165) is 23.4 Å². The maximum absolute atomic E-state index is 11.5. The third kappa shape index (κ3) is 4.43. The number of ether oxygens (including phenoxy) is 2. The van der Waals surface area contributed by atoms with Gasteiger partial charge in [0.25, 0.3) is 0 Å². The number of benzene rings is 2. The van der Waals surface area contributed by atoms with Crippen molar-refractivity contribution in [2.75, 3.05) is 25.6 Å². The lowest BCUT2D eigenvalue weighted by Crippen LogP contribution is -2.30. The summed E-state index contributed by atoms with van der Waals surface area (Å²) in [6.45, 7) is 0.419. The van der Waals surface area contributed by atoms with Gasteiger partial charge in [-0.2, -0.15) is 5.26 Å². The van der Waals surface area contributed by atoms with E-state index < -0.39 is 0 Å². The number of aromatic nitrogens is 1. The van der Waals surface area contributed by atoms with Gasteiger partial charge in [0.1, 0.15) is 24.2 Å². The number of likely N-dealkylation sites (N-methyl/N-ethyl adjacent to an activating group) is 1. The molecule has 31 heavy (non-hydrogen) atoms. The van der Waals surface area contributed by atoms with Gasteiger partial charge in [0.2, 0.25) is 0 Å². The molecule has 156 valence electrons. The van der Waals surface area contributed by atoms with Gasteiger partial charge in [0, 0.05) is 26.0 Å². The average Bonchev–Trinajstić information content (AvgIpc) is 3.12. The Balaban J connectivity index is 1.40. The van der Waals surface area contributed by atoms with Crippen molar-refractivity contribution in [1.29, 1.82) is 5.26 Å². The van der Waals surface area contributed by atoms with E-state index in [1.54, 1.807) is 30.3 Å². The van der Waals surface area contributed by atoms with Crippen LogP contribution in [0.5, 0.6) is 11.5 Å². The second-order valence-electron chi connectivity index (χ2n) is 7.33. The van der Waals surface area contributed by atoms with Crippen molar-refractivity contribution in [3.63, 3.8) is 0 Å². The molecule has 1 aliphatic rings. The molecule has 7 heteroatoms. The van der Waals surface area contributed by atoms with Gasteiger partial charge in [-0.05, 0) is 60.5 Å². The lowest BCUT2D eigenvalue weighted by Gasteiger charge is -2.19. The highest BCUT2D eigenvalue weighted by molar-refractivity contribution is 5.69. The van der Waals surface area contributed by atoms with Crippen molar-refractivity contribution in [2.45, 2.75) is 12.5 Å². The van der Waals surface area contributed by atoms with Gasteiger partial charge >= 0.3 is 6.09 Å². The molecule has 1 atom stereocenters. The van der Waals surface area contributed by atoms with Crippen LogP contribution >= 0.6 is 0 Å². The summed E-state index contributed by atoms with van der Waals surface area (Å²) < 4.78 is 11.0. The van der Waals surface area contributed by atoms with Gasteiger partial charge in [-0.1, -0.05) is 12.1 Å². The van der Waals surface area contributed by atoms with Crippen LogP contribution in [-0.4, -0.2) is 42.7 Å². The smallest absolute Gasteiger partial charge is 0.409 e. The van der Waals surface area contributed by atoms with Crippen LogP contribution in [0.2, 0.25) is 0 Å². The van der Waals surface area contributed by atoms with Crippen LogP contribution in [0.3, 0.4) is 0 Å². The number of amides is 1. The van der Waals surface area contributed by atoms with E-state index >= 15 is 0 Å². The van der Waals surface area contributed by atoms with Crippen molar-refractivity contribution >= 4 is 17.6 Å². The van der Waals surface area contributed by atoms with Crippen molar-refractivity contribution in [3.05, 3.63) is 78.0 Å². The molecule has 0 spiro atoms. The Kier molecular flexibility index (Phi) is 5.72. The molecule has 1 fully saturated rings. The second kappa shape index (κ2) is 8.76. The zero-order chi connectivity index (χ0) is 21.8. The zero-order valence-electron chi connectivity index (χ0n) is 17.4. The minimum absolute atomic E-state index is 0.0597. The van der Waals surface area contributed by atoms with E-state index in [9.17, 15) is 10.1 Å². The Hall–Kier alpha value is -4.05. The monoisotopic (exact) mass is 414 g/mol. The molecule has 0 bridgehead atoms. The summed E-state index contributed by atoms with van der Waals surface area (Å²) in [4.78, 5) is 19.3. The molecule has 2 heterocycles. The Morgan fingerprint density at radius 3 is 2.45 bits per heavy atom. The van der Waals surface area contributed by atoms with E-state index in [1.807, 2.05) is 60.5 Å². The molecule has 1 aliphatic heterocycles. The van der Waals surface area contributed by atoms with Gasteiger partial charge in [0.15, 0.2) is 5.82 Å². The lowest BCUT2D eigenvalue weighted by molar-refractivity contribution is 0.163. The van der Waals surface area contributed by atoms with Crippen molar-refractivity contribution in [2.24, 2.45) is 0 Å². The molecule has 4 rings (SSSR count). The minimum atomic E-state index is -0.272. The number of hydrogen-bond acceptors (Lipinski definition) is 6. The molecule has 0 N–H and O–H groups in total. The quantitative estimate of drug-likeness (QED) is 0.591. The number of nitriles is 1. The van der Waals surface area contributed by atoms with E-state index in [1.165, 1.54) is 0 Å². The molecule has 0 saturated carbocycles. The van der Waals surface area contributed by atoms with E-state index in [4.69, 9.17) is 9.47 Å². The van der Waals surface area contributed by atoms with Gasteiger partial charge in [-0.3, -0.25) is 0 Å². The molecule has 0 aliphatic carbocycles. The van der Waals surface area contributed by atoms with Crippen LogP contribution in [0, 0.1) is 11.3 Å². The molecule has 2 aromatic carbocycles. The number of anilines is 2. The lowest BCUT2D eigenvalue weighted by atomic mass is 10.1. The van der Waals surface area contributed by atoms with Crippen molar-refractivity contribution in [3.8, 4) is 17.6 Å². The normalized spacial score (nSPS) is 15.3. The fraction of sp³-hybridized carbons (Fsp3) is 0.208. The topological polar surface area (TPSA) is 78.7 Å². The first kappa shape index (κ1) is 20.2. The van der Waals surface area contributed by atoms with Crippen molar-refractivity contribution < 1.29 is 14.3 Å². The fourth-order valence-electron chi connectivity index (χ4n) is 3.44. The largest absolute Gasteiger partial charge is 0.457 e. The first-order chi connectivity index (χ1) is 15.0. The Labute approximate surface area is 181 Å². The SMILES string of the molecule is CN(c1ccc(Oc2ccc(C[C@H]3COC(=O)N3C)cc2)cc1)c1ncccc1C#N. The number of hydrogen-bond donors (Lipinski definition) is 0. The van der Waals surface area contributed by atoms with E-state index in [-0.39, 0.29) is 12.1 Å². The van der Waals surface area contributed by atoms with Gasteiger partial charge < -0.3 is 19.3 Å². The summed E-state index contributed by atoms with van der Waals surface area (Å²) in [5, 5.41) is 9.29. The number of cyclic esters (lactones) is 1. The third-order valence-electron chi connectivity index (χ3n) is 5.31. The predicted molar refractivity (Wildman–Crippen MR) is 117 cm³/mol. The molecular formula is C24H22N4O3. The van der Waals surface area contributed by atoms with Crippen LogP contribution in [0.15, 0.2) is 66.9 Å². The van der Waals surface area contributed by atoms with Crippen LogP contribution in [0.1, 0.15) is 11.1 Å². The fourth-order valence-corrected chi connectivity index (χ4v) is 3.44. The Morgan fingerprint density at radius 2 is 1.84 bits per heavy atom. The summed E-state index contributed by atoms with van der Waals surface area (Å²) in [5.74, 6) is 2.05. The van der Waals surface area contributed by atoms with Crippen LogP contribution < -0.4 is 9.64 Å². The summed E-state index contributed by atoms with van der Waals surface area (Å²) in [7, 11) is 3.63. The highest BCUT2D eigenvalue weighted by Crippen LogP contribution is 2.28. The van der Waals surface area contributed by atoms with Crippen LogP contribution in [-0.2, 0) is 11.2 Å². The average molecular weight is 414 g/mol. The highest BCUT2D eigenvalue weighted by atomic mass is 16.6. The summed E-state index contributed by atoms with van der Waals surface area (Å²) in [5.41, 5.74) is 2.53. The molecule has 1 aromatic heterocycles. The van der Waals surface area contributed by atoms with Crippen LogP contribution in [0.25, 0.3) is 0 Å². The molecule has 0 radical (unpaired) electrons. The van der Waals surface area contributed by atoms with E-state index in [0.29, 0.717) is 23.7 Å². The number of nitrogens with zero attached hydrogens (tertiary/aromatic N) is 4. The molecule has 0 unspecified atom stereocenters. The van der Waals surface area contributed by atoms with E-state index in [2.05, 4.69) is 11.1 Å². The molecule has 3 aromatic rings. The first-order valence-corrected chi connectivity index (χ1v) is 9.90. The summed E-state index contributed by atoms with van der Waals surface area (Å²) in [6, 6.07) is 21.2. The number of carbonyl (C=O) groups is 1. The minimum Gasteiger partial charge on any atom is -0.457 e. The molecular weight excluding hydrogens is 392 g/mol. The maximum Gasteiger partial charge on any atom is 0.409 e. The van der Waals surface area contributed by atoms with Gasteiger partial charge in [-0.25, -0.2) is 9.78 Å². The molecule has 7 nitrogen and oxygen atoms in total. The van der Waals surface area contributed by atoms with Gasteiger partial charge in [0.05, 0.1) is 11.6 Å². The Bertz CT molecular complexity index is 1110. The summed E-state index contributed by atoms with van der Waals surface area (Å²) in [6.07, 6.45) is 2.14. The van der Waals surface area contributed by atoms with Gasteiger partial charge in [-0.15, -0.1) is 0 Å².